The fourth-order valence-electron chi connectivity index (χ4n) is 1.84. The van der Waals surface area contributed by atoms with Crippen LogP contribution in [0, 0.1) is 0 Å². The molecule has 17 heavy (non-hydrogen) atoms. The Bertz CT molecular complexity index is 407. The number of hydrogen-bond acceptors (Lipinski definition) is 3. The van der Waals surface area contributed by atoms with E-state index in [1.54, 1.807) is 0 Å². The van der Waals surface area contributed by atoms with Crippen LogP contribution in [0.4, 0.5) is 0 Å². The molecule has 1 N–H and O–H groups in total. The van der Waals surface area contributed by atoms with E-state index in [1.165, 1.54) is 22.6 Å². The van der Waals surface area contributed by atoms with Crippen LogP contribution in [0.3, 0.4) is 0 Å². The fraction of sp³-hybridized carbons (Fsp3) is 0.615. The number of rotatable bonds is 3. The first-order valence-electron chi connectivity index (χ1n) is 6.11. The molecule has 1 fully saturated rings. The molecule has 1 aliphatic heterocycles. The maximum atomic E-state index is 4.71. The highest BCUT2D eigenvalue weighted by Crippen LogP contribution is 2.23. The van der Waals surface area contributed by atoms with Crippen LogP contribution < -0.4 is 5.32 Å². The number of aliphatic imine (C=N–C) groups is 1. The lowest BCUT2D eigenvalue weighted by Gasteiger charge is -2.32. The van der Waals surface area contributed by atoms with Gasteiger partial charge in [0.15, 0.2) is 5.17 Å². The number of nitrogens with zero attached hydrogens (tertiary/aromatic N) is 1. The quantitative estimate of drug-likeness (QED) is 0.904. The Kier molecular flexibility index (Phi) is 4.15. The average Bonchev–Trinajstić information content (AvgIpc) is 2.72. The van der Waals surface area contributed by atoms with Crippen LogP contribution >= 0.6 is 23.1 Å². The van der Waals surface area contributed by atoms with Crippen molar-refractivity contribution in [1.29, 1.82) is 0 Å². The molecule has 2 nitrogen and oxygen atoms in total. The van der Waals surface area contributed by atoms with E-state index in [0.29, 0.717) is 0 Å². The van der Waals surface area contributed by atoms with Gasteiger partial charge in [0.1, 0.15) is 0 Å². The summed E-state index contributed by atoms with van der Waals surface area (Å²) in [7, 11) is 0. The number of hydrogen-bond donors (Lipinski definition) is 1. The molecule has 0 radical (unpaired) electrons. The highest BCUT2D eigenvalue weighted by atomic mass is 32.2. The molecule has 1 aromatic heterocycles. The number of thiophene rings is 1. The van der Waals surface area contributed by atoms with Crippen LogP contribution in [0.15, 0.2) is 16.4 Å². The first-order valence-corrected chi connectivity index (χ1v) is 7.98. The minimum atomic E-state index is 0.202. The molecule has 0 amide bonds. The third-order valence-corrected chi connectivity index (χ3v) is 4.86. The fourth-order valence-corrected chi connectivity index (χ4v) is 4.05. The summed E-state index contributed by atoms with van der Waals surface area (Å²) in [6.45, 7) is 7.51. The summed E-state index contributed by atoms with van der Waals surface area (Å²) in [4.78, 5) is 6.12. The highest BCUT2D eigenvalue weighted by Gasteiger charge is 2.24. The van der Waals surface area contributed by atoms with E-state index in [1.807, 2.05) is 23.1 Å². The maximum absolute atomic E-state index is 4.71. The SMILES string of the molecule is CCc1ccsc1CN=C1NC(C)(C)CCS1. The van der Waals surface area contributed by atoms with Gasteiger partial charge in [-0.1, -0.05) is 18.7 Å². The zero-order valence-electron chi connectivity index (χ0n) is 10.7. The first-order chi connectivity index (χ1) is 8.11. The second-order valence-electron chi connectivity index (χ2n) is 4.95. The molecule has 94 valence electrons. The Morgan fingerprint density at radius 1 is 1.47 bits per heavy atom. The molecule has 0 atom stereocenters. The van der Waals surface area contributed by atoms with Gasteiger partial charge in [0.05, 0.1) is 6.54 Å². The second-order valence-corrected chi connectivity index (χ2v) is 7.04. The lowest BCUT2D eigenvalue weighted by atomic mass is 10.0. The minimum Gasteiger partial charge on any atom is -0.360 e. The Morgan fingerprint density at radius 3 is 3.00 bits per heavy atom. The maximum Gasteiger partial charge on any atom is 0.157 e. The summed E-state index contributed by atoms with van der Waals surface area (Å²) in [5.74, 6) is 1.17. The van der Waals surface area contributed by atoms with Crippen LogP contribution in [0.2, 0.25) is 0 Å². The Morgan fingerprint density at radius 2 is 2.29 bits per heavy atom. The van der Waals surface area contributed by atoms with Crippen molar-refractivity contribution < 1.29 is 0 Å². The lowest BCUT2D eigenvalue weighted by molar-refractivity contribution is 0.446. The van der Waals surface area contributed by atoms with Gasteiger partial charge in [-0.2, -0.15) is 0 Å². The Hall–Kier alpha value is -0.480. The summed E-state index contributed by atoms with van der Waals surface area (Å²) in [6.07, 6.45) is 2.31. The van der Waals surface area contributed by atoms with Gasteiger partial charge in [-0.15, -0.1) is 11.3 Å². The molecule has 1 saturated heterocycles. The number of aryl methyl sites for hydroxylation is 1. The Labute approximate surface area is 112 Å². The molecule has 0 aliphatic carbocycles. The van der Waals surface area contributed by atoms with Gasteiger partial charge in [0.2, 0.25) is 0 Å². The zero-order valence-corrected chi connectivity index (χ0v) is 12.4. The topological polar surface area (TPSA) is 24.4 Å². The smallest absolute Gasteiger partial charge is 0.157 e. The van der Waals surface area contributed by atoms with Crippen molar-refractivity contribution in [3.63, 3.8) is 0 Å². The molecular weight excluding hydrogens is 248 g/mol. The largest absolute Gasteiger partial charge is 0.360 e. The average molecular weight is 268 g/mol. The molecule has 0 saturated carbocycles. The van der Waals surface area contributed by atoms with E-state index in [9.17, 15) is 0 Å². The van der Waals surface area contributed by atoms with Crippen LogP contribution in [-0.2, 0) is 13.0 Å². The Balaban J connectivity index is 2.01. The van der Waals surface area contributed by atoms with Crippen molar-refractivity contribution in [3.05, 3.63) is 21.9 Å². The van der Waals surface area contributed by atoms with Gasteiger partial charge in [-0.25, -0.2) is 0 Å². The zero-order chi connectivity index (χ0) is 12.3. The molecular formula is C13H20N2S2. The van der Waals surface area contributed by atoms with Gasteiger partial charge in [-0.3, -0.25) is 4.99 Å². The third kappa shape index (κ3) is 3.49. The third-order valence-electron chi connectivity index (χ3n) is 3.00. The molecule has 2 rings (SSSR count). The van der Waals surface area contributed by atoms with Crippen molar-refractivity contribution in [3.8, 4) is 0 Å². The van der Waals surface area contributed by atoms with Crippen molar-refractivity contribution in [2.24, 2.45) is 4.99 Å². The number of amidine groups is 1. The van der Waals surface area contributed by atoms with E-state index >= 15 is 0 Å². The number of nitrogens with one attached hydrogen (secondary N) is 1. The van der Waals surface area contributed by atoms with Gasteiger partial charge in [-0.05, 0) is 43.7 Å². The summed E-state index contributed by atoms with van der Waals surface area (Å²) >= 11 is 3.66. The standard InChI is InChI=1S/C13H20N2S2/c1-4-10-5-7-16-11(10)9-14-12-15-13(2,3)6-8-17-12/h5,7H,4,6,8-9H2,1-3H3,(H,14,15). The number of thioether (sulfide) groups is 1. The summed E-state index contributed by atoms with van der Waals surface area (Å²) in [5, 5.41) is 6.78. The van der Waals surface area contributed by atoms with E-state index in [0.717, 1.165) is 18.1 Å². The van der Waals surface area contributed by atoms with Crippen molar-refractivity contribution in [2.75, 3.05) is 5.75 Å². The molecule has 0 bridgehead atoms. The lowest BCUT2D eigenvalue weighted by Crippen LogP contribution is -2.46. The van der Waals surface area contributed by atoms with Crippen molar-refractivity contribution >= 4 is 28.3 Å². The van der Waals surface area contributed by atoms with Gasteiger partial charge >= 0.3 is 0 Å². The van der Waals surface area contributed by atoms with E-state index < -0.39 is 0 Å². The van der Waals surface area contributed by atoms with Crippen LogP contribution in [-0.4, -0.2) is 16.5 Å². The van der Waals surface area contributed by atoms with Gasteiger partial charge in [0.25, 0.3) is 0 Å². The molecule has 1 aliphatic rings. The van der Waals surface area contributed by atoms with Crippen molar-refractivity contribution in [2.45, 2.75) is 45.7 Å². The molecule has 1 aromatic rings. The molecule has 0 aromatic carbocycles. The van der Waals surface area contributed by atoms with Gasteiger partial charge < -0.3 is 5.32 Å². The van der Waals surface area contributed by atoms with Crippen LogP contribution in [0.25, 0.3) is 0 Å². The summed E-state index contributed by atoms with van der Waals surface area (Å²) in [5.41, 5.74) is 1.65. The van der Waals surface area contributed by atoms with E-state index in [4.69, 9.17) is 4.99 Å². The summed E-state index contributed by atoms with van der Waals surface area (Å²) in [6, 6.07) is 2.21. The molecule has 4 heteroatoms. The normalized spacial score (nSPS) is 21.5. The van der Waals surface area contributed by atoms with E-state index in [2.05, 4.69) is 37.5 Å². The highest BCUT2D eigenvalue weighted by molar-refractivity contribution is 8.13. The molecule has 0 unspecified atom stereocenters. The van der Waals surface area contributed by atoms with Crippen molar-refractivity contribution in [1.82, 2.24) is 5.32 Å². The van der Waals surface area contributed by atoms with Crippen LogP contribution in [0.1, 0.15) is 37.6 Å². The molecule has 0 spiro atoms. The molecule has 2 heterocycles. The van der Waals surface area contributed by atoms with Gasteiger partial charge in [0, 0.05) is 16.2 Å². The minimum absolute atomic E-state index is 0.202. The van der Waals surface area contributed by atoms with Crippen LogP contribution in [0.5, 0.6) is 0 Å². The van der Waals surface area contributed by atoms with E-state index in [-0.39, 0.29) is 5.54 Å². The predicted molar refractivity (Wildman–Crippen MR) is 79.1 cm³/mol. The monoisotopic (exact) mass is 268 g/mol. The predicted octanol–water partition coefficient (Wildman–Crippen LogP) is 3.67. The second kappa shape index (κ2) is 5.44. The first kappa shape index (κ1) is 13.0. The summed E-state index contributed by atoms with van der Waals surface area (Å²) < 4.78 is 0.